The monoisotopic (exact) mass is 548 g/mol. The summed E-state index contributed by atoms with van der Waals surface area (Å²) in [6, 6.07) is 12.1. The van der Waals surface area contributed by atoms with E-state index in [1.807, 2.05) is 0 Å². The molecule has 0 saturated carbocycles. The Morgan fingerprint density at radius 1 is 1.08 bits per heavy atom. The van der Waals surface area contributed by atoms with Gasteiger partial charge in [-0.3, -0.25) is 4.79 Å². The summed E-state index contributed by atoms with van der Waals surface area (Å²) in [5, 5.41) is 11.0. The molecule has 1 aliphatic heterocycles. The number of hydrogen-bond donors (Lipinski definition) is 3. The van der Waals surface area contributed by atoms with Crippen LogP contribution in [0.2, 0.25) is 5.02 Å². The van der Waals surface area contributed by atoms with Gasteiger partial charge in [0.2, 0.25) is 15.9 Å². The fraction of sp³-hybridized carbons (Fsp3) is 0.200. The lowest BCUT2D eigenvalue weighted by atomic mass is 9.96. The maximum Gasteiger partial charge on any atom is 0.319 e. The number of urea groups is 1. The smallest absolute Gasteiger partial charge is 0.319 e. The molecule has 0 aromatic heterocycles. The summed E-state index contributed by atoms with van der Waals surface area (Å²) < 4.78 is 52.9. The van der Waals surface area contributed by atoms with Gasteiger partial charge in [0.25, 0.3) is 0 Å². The molecule has 4 rings (SSSR count). The summed E-state index contributed by atoms with van der Waals surface area (Å²) in [6.45, 7) is 0.152. The Bertz CT molecular complexity index is 1450. The summed E-state index contributed by atoms with van der Waals surface area (Å²) >= 11 is 5.85. The lowest BCUT2D eigenvalue weighted by molar-refractivity contribution is -0.121. The second kappa shape index (κ2) is 10.8. The van der Waals surface area contributed by atoms with Gasteiger partial charge in [-0.2, -0.15) is 0 Å². The Hall–Kier alpha value is -3.54. The molecule has 0 radical (unpaired) electrons. The number of nitrogens with one attached hydrogen (secondary N) is 2. The standard InChI is InChI=1S/C25H23ClF2N4O4S/c26-16-6-8-19(9-7-16)30-25(34)31-22-5-2-10-32(24(22)33)23-13-18(28)12-20(21(23)14-37(29,35)36)15-3-1-4-17(27)11-15/h1,3-4,6-9,11-13,22H,2,5,10,14H2,(H2,29,35,36)(H2,30,31,34). The van der Waals surface area contributed by atoms with Crippen LogP contribution in [0.5, 0.6) is 0 Å². The number of benzene rings is 3. The number of amides is 3. The summed E-state index contributed by atoms with van der Waals surface area (Å²) in [4.78, 5) is 27.1. The Kier molecular flexibility index (Phi) is 7.76. The summed E-state index contributed by atoms with van der Waals surface area (Å²) in [5.41, 5.74) is 0.812. The van der Waals surface area contributed by atoms with Crippen molar-refractivity contribution in [1.82, 2.24) is 5.32 Å². The Morgan fingerprint density at radius 3 is 2.49 bits per heavy atom. The molecule has 3 amide bonds. The van der Waals surface area contributed by atoms with E-state index in [4.69, 9.17) is 16.7 Å². The highest BCUT2D eigenvalue weighted by Gasteiger charge is 2.33. The van der Waals surface area contributed by atoms with Gasteiger partial charge < -0.3 is 15.5 Å². The molecule has 1 atom stereocenters. The molecule has 1 heterocycles. The topological polar surface area (TPSA) is 122 Å². The molecule has 1 fully saturated rings. The normalized spacial score (nSPS) is 15.9. The molecule has 3 aromatic rings. The molecule has 0 spiro atoms. The third-order valence-corrected chi connectivity index (χ3v) is 6.75. The Labute approximate surface area is 217 Å². The van der Waals surface area contributed by atoms with Crippen LogP contribution < -0.4 is 20.7 Å². The van der Waals surface area contributed by atoms with Crippen LogP contribution in [0, 0.1) is 11.6 Å². The Balaban J connectivity index is 1.67. The molecule has 0 aliphatic carbocycles. The van der Waals surface area contributed by atoms with Crippen LogP contribution in [0.3, 0.4) is 0 Å². The van der Waals surface area contributed by atoms with Crippen molar-refractivity contribution in [3.8, 4) is 11.1 Å². The number of nitrogens with zero attached hydrogens (tertiary/aromatic N) is 1. The number of primary sulfonamides is 1. The summed E-state index contributed by atoms with van der Waals surface area (Å²) in [7, 11) is -4.12. The SMILES string of the molecule is NS(=O)(=O)Cc1c(-c2cccc(F)c2)cc(F)cc1N1CCCC(NC(=O)Nc2ccc(Cl)cc2)C1=O. The predicted octanol–water partition coefficient (Wildman–Crippen LogP) is 4.39. The third kappa shape index (κ3) is 6.62. The van der Waals surface area contributed by atoms with Gasteiger partial charge in [-0.1, -0.05) is 23.7 Å². The average molecular weight is 549 g/mol. The maximum atomic E-state index is 14.8. The van der Waals surface area contributed by atoms with Gasteiger partial charge in [-0.15, -0.1) is 0 Å². The molecule has 4 N–H and O–H groups in total. The minimum absolute atomic E-state index is 0.0112. The lowest BCUT2D eigenvalue weighted by Crippen LogP contribution is -2.53. The highest BCUT2D eigenvalue weighted by molar-refractivity contribution is 7.88. The van der Waals surface area contributed by atoms with Gasteiger partial charge in [0, 0.05) is 22.8 Å². The molecule has 1 saturated heterocycles. The van der Waals surface area contributed by atoms with E-state index in [0.717, 1.165) is 18.2 Å². The van der Waals surface area contributed by atoms with Crippen molar-refractivity contribution in [1.29, 1.82) is 0 Å². The average Bonchev–Trinajstić information content (AvgIpc) is 2.82. The van der Waals surface area contributed by atoms with Crippen molar-refractivity contribution in [2.24, 2.45) is 5.14 Å². The molecule has 1 aliphatic rings. The number of sulfonamides is 1. The van der Waals surface area contributed by atoms with Crippen LogP contribution in [0.4, 0.5) is 25.0 Å². The first-order valence-corrected chi connectivity index (χ1v) is 13.3. The lowest BCUT2D eigenvalue weighted by Gasteiger charge is -2.34. The van der Waals surface area contributed by atoms with Crippen molar-refractivity contribution in [3.05, 3.63) is 82.9 Å². The highest BCUT2D eigenvalue weighted by Crippen LogP contribution is 2.36. The number of carbonyl (C=O) groups excluding carboxylic acids is 2. The van der Waals surface area contributed by atoms with E-state index in [1.54, 1.807) is 24.3 Å². The van der Waals surface area contributed by atoms with E-state index in [-0.39, 0.29) is 28.9 Å². The fourth-order valence-electron chi connectivity index (χ4n) is 4.24. The first-order chi connectivity index (χ1) is 17.5. The summed E-state index contributed by atoms with van der Waals surface area (Å²) in [6.07, 6.45) is 0.762. The van der Waals surface area contributed by atoms with Crippen LogP contribution in [-0.2, 0) is 20.6 Å². The number of nitrogens with two attached hydrogens (primary N) is 1. The molecule has 8 nitrogen and oxygen atoms in total. The van der Waals surface area contributed by atoms with Crippen molar-refractivity contribution >= 4 is 44.9 Å². The van der Waals surface area contributed by atoms with E-state index in [0.29, 0.717) is 23.6 Å². The van der Waals surface area contributed by atoms with Gasteiger partial charge in [-0.25, -0.2) is 27.1 Å². The van der Waals surface area contributed by atoms with Crippen molar-refractivity contribution in [2.75, 3.05) is 16.8 Å². The number of carbonyl (C=O) groups is 2. The highest BCUT2D eigenvalue weighted by atomic mass is 35.5. The van der Waals surface area contributed by atoms with Crippen molar-refractivity contribution in [3.63, 3.8) is 0 Å². The minimum Gasteiger partial charge on any atom is -0.326 e. The van der Waals surface area contributed by atoms with E-state index in [2.05, 4.69) is 10.6 Å². The molecule has 194 valence electrons. The van der Waals surface area contributed by atoms with E-state index in [1.165, 1.54) is 23.1 Å². The number of hydrogen-bond acceptors (Lipinski definition) is 4. The third-order valence-electron chi connectivity index (χ3n) is 5.81. The summed E-state index contributed by atoms with van der Waals surface area (Å²) in [5.74, 6) is -2.62. The predicted molar refractivity (Wildman–Crippen MR) is 138 cm³/mol. The molecular weight excluding hydrogens is 526 g/mol. The first kappa shape index (κ1) is 26.5. The molecule has 0 bridgehead atoms. The maximum absolute atomic E-state index is 14.8. The van der Waals surface area contributed by atoms with Crippen molar-refractivity contribution in [2.45, 2.75) is 24.6 Å². The van der Waals surface area contributed by atoms with Crippen LogP contribution in [0.15, 0.2) is 60.7 Å². The van der Waals surface area contributed by atoms with Crippen molar-refractivity contribution < 1.29 is 26.8 Å². The molecular formula is C25H23ClF2N4O4S. The molecule has 12 heteroatoms. The van der Waals surface area contributed by atoms with Gasteiger partial charge in [0.15, 0.2) is 0 Å². The quantitative estimate of drug-likeness (QED) is 0.423. The number of rotatable bonds is 6. The second-order valence-electron chi connectivity index (χ2n) is 8.56. The number of piperidine rings is 1. The number of anilines is 2. The van der Waals surface area contributed by atoms with Crippen LogP contribution in [-0.4, -0.2) is 32.9 Å². The van der Waals surface area contributed by atoms with Crippen LogP contribution in [0.1, 0.15) is 18.4 Å². The molecule has 1 unspecified atom stereocenters. The van der Waals surface area contributed by atoms with E-state index >= 15 is 0 Å². The molecule has 3 aromatic carbocycles. The van der Waals surface area contributed by atoms with Gasteiger partial charge in [0.1, 0.15) is 17.7 Å². The van der Waals surface area contributed by atoms with Gasteiger partial charge in [-0.05, 0) is 72.5 Å². The first-order valence-electron chi connectivity index (χ1n) is 11.2. The largest absolute Gasteiger partial charge is 0.326 e. The van der Waals surface area contributed by atoms with Gasteiger partial charge in [0.05, 0.1) is 11.4 Å². The number of halogens is 3. The zero-order valence-electron chi connectivity index (χ0n) is 19.4. The second-order valence-corrected chi connectivity index (χ2v) is 10.6. The van der Waals surface area contributed by atoms with Gasteiger partial charge >= 0.3 is 6.03 Å². The molecule has 37 heavy (non-hydrogen) atoms. The fourth-order valence-corrected chi connectivity index (χ4v) is 5.07. The van der Waals surface area contributed by atoms with Crippen LogP contribution in [0.25, 0.3) is 11.1 Å². The Morgan fingerprint density at radius 2 is 1.81 bits per heavy atom. The minimum atomic E-state index is -4.12. The van der Waals surface area contributed by atoms with E-state index < -0.39 is 45.4 Å². The van der Waals surface area contributed by atoms with Crippen LogP contribution >= 0.6 is 11.6 Å². The zero-order chi connectivity index (χ0) is 26.7. The zero-order valence-corrected chi connectivity index (χ0v) is 21.0. The van der Waals surface area contributed by atoms with E-state index in [9.17, 15) is 26.8 Å².